The number of carboxylic acid groups (broad SMARTS) is 1. The molecule has 2 aromatic carbocycles. The zero-order chi connectivity index (χ0) is 17.6. The highest BCUT2D eigenvalue weighted by molar-refractivity contribution is 5.87. The lowest BCUT2D eigenvalue weighted by molar-refractivity contribution is -0.384. The average molecular weight is 336 g/mol. The predicted molar refractivity (Wildman–Crippen MR) is 92.8 cm³/mol. The Bertz CT molecular complexity index is 889. The lowest BCUT2D eigenvalue weighted by Crippen LogP contribution is -2.29. The lowest BCUT2D eigenvalue weighted by Gasteiger charge is -2.37. The monoisotopic (exact) mass is 336 g/mol. The number of benzene rings is 2. The maximum atomic E-state index is 11.1. The SMILES string of the molecule is O=C(O)c1ccc(C2Nc3ccc([N+](=O)[O-])cc3C3C=CCC32)cc1. The van der Waals surface area contributed by atoms with Crippen molar-refractivity contribution in [3.63, 3.8) is 0 Å². The highest BCUT2D eigenvalue weighted by Crippen LogP contribution is 2.50. The molecular weight excluding hydrogens is 320 g/mol. The minimum absolute atomic E-state index is 0.0387. The number of aromatic carboxylic acids is 1. The van der Waals surface area contributed by atoms with Crippen molar-refractivity contribution in [2.45, 2.75) is 18.4 Å². The highest BCUT2D eigenvalue weighted by atomic mass is 16.6. The molecular formula is C19H16N2O4. The Kier molecular flexibility index (Phi) is 3.53. The first-order chi connectivity index (χ1) is 12.0. The van der Waals surface area contributed by atoms with Crippen LogP contribution >= 0.6 is 0 Å². The topological polar surface area (TPSA) is 92.5 Å². The Morgan fingerprint density at radius 1 is 1.20 bits per heavy atom. The van der Waals surface area contributed by atoms with E-state index >= 15 is 0 Å². The maximum Gasteiger partial charge on any atom is 0.335 e. The fraction of sp³-hybridized carbons (Fsp3) is 0.211. The van der Waals surface area contributed by atoms with E-state index in [0.29, 0.717) is 0 Å². The second-order valence-electron chi connectivity index (χ2n) is 6.43. The molecule has 126 valence electrons. The summed E-state index contributed by atoms with van der Waals surface area (Å²) in [5.74, 6) is -0.563. The number of carbonyl (C=O) groups is 1. The van der Waals surface area contributed by atoms with Crippen LogP contribution in [0.1, 0.15) is 39.9 Å². The molecule has 3 unspecified atom stereocenters. The van der Waals surface area contributed by atoms with E-state index in [-0.39, 0.29) is 34.1 Å². The number of nitro groups is 1. The van der Waals surface area contributed by atoms with Gasteiger partial charge < -0.3 is 10.4 Å². The van der Waals surface area contributed by atoms with Gasteiger partial charge in [-0.1, -0.05) is 24.3 Å². The molecule has 4 rings (SSSR count). The summed E-state index contributed by atoms with van der Waals surface area (Å²) in [4.78, 5) is 21.7. The molecule has 3 atom stereocenters. The summed E-state index contributed by atoms with van der Waals surface area (Å²) in [5, 5.41) is 23.6. The zero-order valence-corrected chi connectivity index (χ0v) is 13.3. The summed E-state index contributed by atoms with van der Waals surface area (Å²) < 4.78 is 0. The van der Waals surface area contributed by atoms with Crippen molar-refractivity contribution >= 4 is 17.3 Å². The van der Waals surface area contributed by atoms with Gasteiger partial charge in [0.25, 0.3) is 5.69 Å². The van der Waals surface area contributed by atoms with Gasteiger partial charge in [-0.25, -0.2) is 4.79 Å². The molecule has 2 aliphatic rings. The first kappa shape index (κ1) is 15.4. The van der Waals surface area contributed by atoms with E-state index in [9.17, 15) is 14.9 Å². The summed E-state index contributed by atoms with van der Waals surface area (Å²) in [6.07, 6.45) is 5.11. The van der Waals surface area contributed by atoms with Gasteiger partial charge in [0.2, 0.25) is 0 Å². The Balaban J connectivity index is 1.72. The molecule has 0 bridgehead atoms. The predicted octanol–water partition coefficient (Wildman–Crippen LogP) is 4.12. The summed E-state index contributed by atoms with van der Waals surface area (Å²) in [7, 11) is 0. The van der Waals surface area contributed by atoms with Crippen LogP contribution in [-0.4, -0.2) is 16.0 Å². The van der Waals surface area contributed by atoms with Gasteiger partial charge in [0.05, 0.1) is 16.5 Å². The number of carboxylic acids is 1. The molecule has 0 amide bonds. The van der Waals surface area contributed by atoms with E-state index < -0.39 is 5.97 Å². The molecule has 0 aromatic heterocycles. The van der Waals surface area contributed by atoms with E-state index in [4.69, 9.17) is 5.11 Å². The largest absolute Gasteiger partial charge is 0.478 e. The number of nitrogens with zero attached hydrogens (tertiary/aromatic N) is 1. The number of hydrogen-bond donors (Lipinski definition) is 2. The van der Waals surface area contributed by atoms with Gasteiger partial charge >= 0.3 is 5.97 Å². The van der Waals surface area contributed by atoms with Crippen LogP contribution in [0.25, 0.3) is 0 Å². The minimum Gasteiger partial charge on any atom is -0.478 e. The third kappa shape index (κ3) is 2.55. The average Bonchev–Trinajstić information content (AvgIpc) is 3.10. The van der Waals surface area contributed by atoms with E-state index in [1.165, 1.54) is 6.07 Å². The molecule has 0 radical (unpaired) electrons. The second kappa shape index (κ2) is 5.73. The molecule has 1 heterocycles. The molecule has 6 heteroatoms. The van der Waals surface area contributed by atoms with Gasteiger partial charge in [0.15, 0.2) is 0 Å². The van der Waals surface area contributed by atoms with Crippen molar-refractivity contribution in [1.29, 1.82) is 0 Å². The standard InChI is InChI=1S/C19H16N2O4/c22-19(23)12-6-4-11(5-7-12)18-15-3-1-2-14(15)16-10-13(21(24)25)8-9-17(16)20-18/h1-2,4-10,14-15,18,20H,3H2,(H,22,23). The number of hydrogen-bond acceptors (Lipinski definition) is 4. The second-order valence-corrected chi connectivity index (χ2v) is 6.43. The zero-order valence-electron chi connectivity index (χ0n) is 13.3. The molecule has 2 aromatic rings. The van der Waals surface area contributed by atoms with Gasteiger partial charge in [-0.15, -0.1) is 0 Å². The van der Waals surface area contributed by atoms with Gasteiger partial charge in [0, 0.05) is 23.7 Å². The summed E-state index contributed by atoms with van der Waals surface area (Å²) >= 11 is 0. The van der Waals surface area contributed by atoms with Crippen LogP contribution in [0.2, 0.25) is 0 Å². The van der Waals surface area contributed by atoms with Crippen LogP contribution in [-0.2, 0) is 0 Å². The van der Waals surface area contributed by atoms with Crippen molar-refractivity contribution in [2.24, 2.45) is 5.92 Å². The van der Waals surface area contributed by atoms with Gasteiger partial charge in [-0.05, 0) is 41.7 Å². The fourth-order valence-electron chi connectivity index (χ4n) is 3.86. The van der Waals surface area contributed by atoms with E-state index in [1.807, 2.05) is 12.1 Å². The first-order valence-corrected chi connectivity index (χ1v) is 8.09. The van der Waals surface area contributed by atoms with Crippen molar-refractivity contribution in [3.8, 4) is 0 Å². The van der Waals surface area contributed by atoms with Crippen LogP contribution in [0.4, 0.5) is 11.4 Å². The number of rotatable bonds is 3. The van der Waals surface area contributed by atoms with Crippen LogP contribution in [0, 0.1) is 16.0 Å². The number of nitrogens with one attached hydrogen (secondary N) is 1. The van der Waals surface area contributed by atoms with Crippen molar-refractivity contribution < 1.29 is 14.8 Å². The highest BCUT2D eigenvalue weighted by Gasteiger charge is 2.38. The van der Waals surface area contributed by atoms with E-state index in [1.54, 1.807) is 24.3 Å². The third-order valence-electron chi connectivity index (χ3n) is 5.07. The van der Waals surface area contributed by atoms with Crippen molar-refractivity contribution in [3.05, 3.63) is 81.4 Å². The van der Waals surface area contributed by atoms with Crippen LogP contribution < -0.4 is 5.32 Å². The number of nitro benzene ring substituents is 1. The quantitative estimate of drug-likeness (QED) is 0.500. The number of fused-ring (bicyclic) bond motifs is 3. The smallest absolute Gasteiger partial charge is 0.335 e. The summed E-state index contributed by atoms with van der Waals surface area (Å²) in [6.45, 7) is 0. The number of allylic oxidation sites excluding steroid dienone is 2. The Hall–Kier alpha value is -3.15. The molecule has 0 saturated carbocycles. The molecule has 1 aliphatic heterocycles. The molecule has 25 heavy (non-hydrogen) atoms. The minimum atomic E-state index is -0.943. The third-order valence-corrected chi connectivity index (χ3v) is 5.07. The number of anilines is 1. The molecule has 1 aliphatic carbocycles. The number of non-ortho nitro benzene ring substituents is 1. The summed E-state index contributed by atoms with van der Waals surface area (Å²) in [6, 6.07) is 11.9. The maximum absolute atomic E-state index is 11.1. The Morgan fingerprint density at radius 2 is 1.96 bits per heavy atom. The molecule has 2 N–H and O–H groups in total. The normalized spacial score (nSPS) is 23.4. The fourth-order valence-corrected chi connectivity index (χ4v) is 3.86. The van der Waals surface area contributed by atoms with Crippen molar-refractivity contribution in [1.82, 2.24) is 0 Å². The van der Waals surface area contributed by atoms with E-state index in [2.05, 4.69) is 17.5 Å². The molecule has 0 saturated heterocycles. The van der Waals surface area contributed by atoms with Gasteiger partial charge in [-0.3, -0.25) is 10.1 Å². The van der Waals surface area contributed by atoms with Gasteiger partial charge in [0.1, 0.15) is 0 Å². The molecule has 6 nitrogen and oxygen atoms in total. The lowest BCUT2D eigenvalue weighted by atomic mass is 9.77. The van der Waals surface area contributed by atoms with E-state index in [0.717, 1.165) is 23.2 Å². The van der Waals surface area contributed by atoms with Gasteiger partial charge in [-0.2, -0.15) is 0 Å². The Morgan fingerprint density at radius 3 is 2.64 bits per heavy atom. The molecule has 0 spiro atoms. The molecule has 0 fully saturated rings. The Labute approximate surface area is 144 Å². The first-order valence-electron chi connectivity index (χ1n) is 8.09. The van der Waals surface area contributed by atoms with Crippen molar-refractivity contribution in [2.75, 3.05) is 5.32 Å². The summed E-state index contributed by atoms with van der Waals surface area (Å²) in [5.41, 5.74) is 3.23. The van der Waals surface area contributed by atoms with Crippen LogP contribution in [0.5, 0.6) is 0 Å². The van der Waals surface area contributed by atoms with Crippen LogP contribution in [0.3, 0.4) is 0 Å². The van der Waals surface area contributed by atoms with Crippen LogP contribution in [0.15, 0.2) is 54.6 Å².